The summed E-state index contributed by atoms with van der Waals surface area (Å²) in [6.07, 6.45) is 6.22. The van der Waals surface area contributed by atoms with E-state index in [9.17, 15) is 0 Å². The monoisotopic (exact) mass is 255 g/mol. The van der Waals surface area contributed by atoms with Crippen LogP contribution in [0.15, 0.2) is 17.2 Å². The summed E-state index contributed by atoms with van der Waals surface area (Å²) in [5.74, 6) is 0. The summed E-state index contributed by atoms with van der Waals surface area (Å²) in [6.45, 7) is 4.27. The van der Waals surface area contributed by atoms with Gasteiger partial charge in [0.1, 0.15) is 0 Å². The first-order valence-electron chi connectivity index (χ1n) is 2.53. The largest absolute Gasteiger partial charge is 0.272 e. The van der Waals surface area contributed by atoms with Gasteiger partial charge in [0.15, 0.2) is 0 Å². The third-order valence-corrected chi connectivity index (χ3v) is 1.36. The fourth-order valence-electron chi connectivity index (χ4n) is 0.620. The molecule has 0 aromatic heterocycles. The molecule has 0 amide bonds. The van der Waals surface area contributed by atoms with Gasteiger partial charge >= 0.3 is 0 Å². The summed E-state index contributed by atoms with van der Waals surface area (Å²) >= 11 is 0. The van der Waals surface area contributed by atoms with E-state index in [0.29, 0.717) is 0 Å². The van der Waals surface area contributed by atoms with Gasteiger partial charge in [-0.3, -0.25) is 6.08 Å². The van der Waals surface area contributed by atoms with Crippen LogP contribution in [0.5, 0.6) is 0 Å². The molecule has 10 heavy (non-hydrogen) atoms. The quantitative estimate of drug-likeness (QED) is 0.585. The van der Waals surface area contributed by atoms with Crippen molar-refractivity contribution in [2.45, 2.75) is 20.3 Å². The Hall–Kier alpha value is 0.943. The van der Waals surface area contributed by atoms with E-state index in [-0.39, 0.29) is 51.0 Å². The summed E-state index contributed by atoms with van der Waals surface area (Å²) in [4.78, 5) is 0. The first-order valence-corrected chi connectivity index (χ1v) is 2.53. The first-order chi connectivity index (χ1) is 3.30. The average molecular weight is 257 g/mol. The van der Waals surface area contributed by atoms with Crippen molar-refractivity contribution in [2.75, 3.05) is 0 Å². The van der Waals surface area contributed by atoms with Crippen LogP contribution in [0.2, 0.25) is 0 Å². The molecule has 0 fully saturated rings. The molecular weight excluding hydrogens is 246 g/mol. The normalized spacial score (nSPS) is 13.4. The van der Waals surface area contributed by atoms with Crippen molar-refractivity contribution in [2.24, 2.45) is 0 Å². The fourth-order valence-corrected chi connectivity index (χ4v) is 0.620. The van der Waals surface area contributed by atoms with E-state index in [4.69, 9.17) is 0 Å². The summed E-state index contributed by atoms with van der Waals surface area (Å²) in [7, 11) is 0. The Labute approximate surface area is 94.1 Å². The minimum absolute atomic E-state index is 0. The fraction of sp³-hybridized carbons (Fsp3) is 0.429. The number of allylic oxidation sites excluding steroid dienone is 4. The summed E-state index contributed by atoms with van der Waals surface area (Å²) in [6, 6.07) is 0. The van der Waals surface area contributed by atoms with E-state index in [0.717, 1.165) is 6.42 Å². The van der Waals surface area contributed by atoms with Crippen molar-refractivity contribution >= 4 is 24.8 Å². The zero-order valence-electron chi connectivity index (χ0n) is 6.10. The minimum Gasteiger partial charge on any atom is -0.272 e. The van der Waals surface area contributed by atoms with Crippen LogP contribution >= 0.6 is 24.8 Å². The molecule has 0 unspecified atom stereocenters. The third kappa shape index (κ3) is 4.71. The minimum atomic E-state index is 0. The molecule has 0 aromatic rings. The molecule has 0 aromatic carbocycles. The van der Waals surface area contributed by atoms with Crippen LogP contribution in [-0.4, -0.2) is 0 Å². The van der Waals surface area contributed by atoms with E-state index in [1.54, 1.807) is 0 Å². The van der Waals surface area contributed by atoms with Gasteiger partial charge in [0.2, 0.25) is 0 Å². The molecule has 0 nitrogen and oxygen atoms in total. The standard InChI is InChI=1S/C7H9.2ClH.Zr/c1-6-4-3-5-7(6)2;;;/h4H,5H2,1-2H3;2*1H;/q-1;;;. The third-order valence-electron chi connectivity index (χ3n) is 1.36. The van der Waals surface area contributed by atoms with Crippen molar-refractivity contribution < 1.29 is 26.2 Å². The maximum atomic E-state index is 3.12. The Morgan fingerprint density at radius 3 is 1.90 bits per heavy atom. The molecule has 0 atom stereocenters. The molecule has 0 spiro atoms. The van der Waals surface area contributed by atoms with Gasteiger partial charge in [0, 0.05) is 26.2 Å². The molecule has 1 aliphatic rings. The van der Waals surface area contributed by atoms with E-state index in [1.807, 2.05) is 0 Å². The van der Waals surface area contributed by atoms with Gasteiger partial charge in [0.05, 0.1) is 0 Å². The Balaban J connectivity index is -0.000000163. The van der Waals surface area contributed by atoms with Crippen LogP contribution in [0.3, 0.4) is 0 Å². The second-order valence-electron chi connectivity index (χ2n) is 1.99. The van der Waals surface area contributed by atoms with Gasteiger partial charge in [0.25, 0.3) is 0 Å². The van der Waals surface area contributed by atoms with Gasteiger partial charge in [-0.05, 0) is 0 Å². The molecule has 58 valence electrons. The zero-order chi connectivity index (χ0) is 5.28. The predicted molar refractivity (Wildman–Crippen MR) is 45.3 cm³/mol. The van der Waals surface area contributed by atoms with Gasteiger partial charge in [-0.25, -0.2) is 11.6 Å². The molecule has 0 aliphatic heterocycles. The molecular formula is C7H11Cl2Zr-. The van der Waals surface area contributed by atoms with E-state index >= 15 is 0 Å². The van der Waals surface area contributed by atoms with Crippen molar-refractivity contribution in [3.05, 3.63) is 23.3 Å². The number of halogens is 2. The molecule has 0 N–H and O–H groups in total. The van der Waals surface area contributed by atoms with Crippen LogP contribution in [0.25, 0.3) is 0 Å². The molecule has 0 saturated carbocycles. The van der Waals surface area contributed by atoms with Crippen LogP contribution in [-0.2, 0) is 26.2 Å². The number of rotatable bonds is 0. The average Bonchev–Trinajstić information content (AvgIpc) is 1.91. The van der Waals surface area contributed by atoms with Gasteiger partial charge in [-0.1, -0.05) is 6.92 Å². The maximum absolute atomic E-state index is 3.12. The van der Waals surface area contributed by atoms with Gasteiger partial charge in [-0.15, -0.1) is 38.2 Å². The smallest absolute Gasteiger partial charge is 0 e. The van der Waals surface area contributed by atoms with Crippen molar-refractivity contribution in [3.63, 3.8) is 0 Å². The van der Waals surface area contributed by atoms with Gasteiger partial charge < -0.3 is 0 Å². The van der Waals surface area contributed by atoms with Crippen LogP contribution in [0, 0.1) is 6.08 Å². The van der Waals surface area contributed by atoms with E-state index in [2.05, 4.69) is 26.0 Å². The first kappa shape index (κ1) is 17.1. The van der Waals surface area contributed by atoms with Crippen LogP contribution in [0.4, 0.5) is 0 Å². The number of hydrogen-bond acceptors (Lipinski definition) is 0. The molecule has 0 heterocycles. The maximum Gasteiger partial charge on any atom is 0 e. The van der Waals surface area contributed by atoms with Crippen molar-refractivity contribution in [3.8, 4) is 0 Å². The van der Waals surface area contributed by atoms with Crippen LogP contribution in [0.1, 0.15) is 20.3 Å². The second-order valence-corrected chi connectivity index (χ2v) is 1.99. The summed E-state index contributed by atoms with van der Waals surface area (Å²) in [5, 5.41) is 0. The Bertz CT molecular complexity index is 139. The Kier molecular flexibility index (Phi) is 13.8. The zero-order valence-corrected chi connectivity index (χ0v) is 10.2. The summed E-state index contributed by atoms with van der Waals surface area (Å²) in [5.41, 5.74) is 2.85. The molecule has 3 heteroatoms. The molecule has 0 radical (unpaired) electrons. The second kappa shape index (κ2) is 8.04. The molecule has 0 saturated heterocycles. The SMILES string of the molecule is CC1=C(C)C[C-]=C1.Cl.Cl.[Zr]. The van der Waals surface area contributed by atoms with E-state index in [1.165, 1.54) is 11.1 Å². The topological polar surface area (TPSA) is 0 Å². The Morgan fingerprint density at radius 1 is 1.30 bits per heavy atom. The van der Waals surface area contributed by atoms with Crippen molar-refractivity contribution in [1.29, 1.82) is 0 Å². The predicted octanol–water partition coefficient (Wildman–Crippen LogP) is 2.93. The molecule has 1 aliphatic carbocycles. The summed E-state index contributed by atoms with van der Waals surface area (Å²) < 4.78 is 0. The van der Waals surface area contributed by atoms with E-state index < -0.39 is 0 Å². The van der Waals surface area contributed by atoms with Gasteiger partial charge in [-0.2, -0.15) is 5.57 Å². The molecule has 0 bridgehead atoms. The van der Waals surface area contributed by atoms with Crippen LogP contribution < -0.4 is 0 Å². The number of hydrogen-bond donors (Lipinski definition) is 0. The Morgan fingerprint density at radius 2 is 1.80 bits per heavy atom. The van der Waals surface area contributed by atoms with Crippen molar-refractivity contribution in [1.82, 2.24) is 0 Å². The molecule has 1 rings (SSSR count).